The molecule has 0 bridgehead atoms. The van der Waals surface area contributed by atoms with Crippen LogP contribution in [0.25, 0.3) is 21.3 Å². The number of H-pyrrole nitrogens is 1. The summed E-state index contributed by atoms with van der Waals surface area (Å²) < 4.78 is 0. The molecule has 0 aliphatic heterocycles. The first-order valence-corrected chi connectivity index (χ1v) is 11.3. The molecule has 2 aromatic heterocycles. The van der Waals surface area contributed by atoms with Crippen LogP contribution in [0.5, 0.6) is 0 Å². The molecule has 6 heteroatoms. The van der Waals surface area contributed by atoms with Crippen molar-refractivity contribution in [2.75, 3.05) is 6.54 Å². The lowest BCUT2D eigenvalue weighted by Gasteiger charge is -2.23. The van der Waals surface area contributed by atoms with Crippen LogP contribution in [0.1, 0.15) is 29.4 Å². The molecule has 4 aromatic rings. The fourth-order valence-electron chi connectivity index (χ4n) is 3.90. The first-order chi connectivity index (χ1) is 14.9. The molecule has 0 saturated heterocycles. The SMILES string of the molecule is Cc1ccc(C)c(-c2csc3nc(CN(Cc4ccccc4)CC(C)O)[nH]c(=O)c23)c1. The van der Waals surface area contributed by atoms with E-state index in [1.165, 1.54) is 11.3 Å². The maximum Gasteiger partial charge on any atom is 0.260 e. The van der Waals surface area contributed by atoms with E-state index in [4.69, 9.17) is 4.98 Å². The highest BCUT2D eigenvalue weighted by Gasteiger charge is 2.17. The third kappa shape index (κ3) is 4.93. The van der Waals surface area contributed by atoms with Gasteiger partial charge in [-0.25, -0.2) is 4.98 Å². The Morgan fingerprint density at radius 1 is 1.10 bits per heavy atom. The Bertz CT molecular complexity index is 1240. The molecule has 2 heterocycles. The van der Waals surface area contributed by atoms with Gasteiger partial charge in [0, 0.05) is 24.0 Å². The van der Waals surface area contributed by atoms with Crippen LogP contribution in [0.3, 0.4) is 0 Å². The summed E-state index contributed by atoms with van der Waals surface area (Å²) >= 11 is 1.50. The molecule has 4 rings (SSSR count). The highest BCUT2D eigenvalue weighted by molar-refractivity contribution is 7.17. The quantitative estimate of drug-likeness (QED) is 0.445. The van der Waals surface area contributed by atoms with Gasteiger partial charge in [0.05, 0.1) is 18.0 Å². The number of aliphatic hydroxyl groups excluding tert-OH is 1. The number of hydrogen-bond donors (Lipinski definition) is 2. The molecule has 2 aromatic carbocycles. The molecule has 0 radical (unpaired) electrons. The maximum absolute atomic E-state index is 13.1. The smallest absolute Gasteiger partial charge is 0.260 e. The van der Waals surface area contributed by atoms with E-state index in [2.05, 4.69) is 54.1 Å². The number of aryl methyl sites for hydroxylation is 2. The van der Waals surface area contributed by atoms with Gasteiger partial charge in [0.1, 0.15) is 10.7 Å². The van der Waals surface area contributed by atoms with Gasteiger partial charge in [0.2, 0.25) is 0 Å². The Balaban J connectivity index is 1.67. The first-order valence-electron chi connectivity index (χ1n) is 10.4. The highest BCUT2D eigenvalue weighted by Crippen LogP contribution is 2.33. The van der Waals surface area contributed by atoms with Crippen molar-refractivity contribution in [2.24, 2.45) is 0 Å². The molecule has 31 heavy (non-hydrogen) atoms. The average Bonchev–Trinajstić information content (AvgIpc) is 3.14. The van der Waals surface area contributed by atoms with E-state index in [1.807, 2.05) is 23.6 Å². The van der Waals surface area contributed by atoms with Crippen LogP contribution in [0, 0.1) is 13.8 Å². The van der Waals surface area contributed by atoms with E-state index in [-0.39, 0.29) is 5.56 Å². The second-order valence-corrected chi connectivity index (χ2v) is 9.02. The molecule has 0 saturated carbocycles. The minimum absolute atomic E-state index is 0.117. The minimum Gasteiger partial charge on any atom is -0.392 e. The van der Waals surface area contributed by atoms with Crippen molar-refractivity contribution in [3.8, 4) is 11.1 Å². The van der Waals surface area contributed by atoms with Crippen molar-refractivity contribution in [2.45, 2.75) is 40.0 Å². The fraction of sp³-hybridized carbons (Fsp3) is 0.280. The second-order valence-electron chi connectivity index (χ2n) is 8.16. The topological polar surface area (TPSA) is 69.2 Å². The first kappa shape index (κ1) is 21.4. The third-order valence-corrected chi connectivity index (χ3v) is 6.19. The molecule has 0 spiro atoms. The summed E-state index contributed by atoms with van der Waals surface area (Å²) in [5.74, 6) is 0.614. The van der Waals surface area contributed by atoms with Gasteiger partial charge < -0.3 is 10.1 Å². The van der Waals surface area contributed by atoms with Crippen LogP contribution in [0.2, 0.25) is 0 Å². The van der Waals surface area contributed by atoms with Gasteiger partial charge in [0.25, 0.3) is 5.56 Å². The van der Waals surface area contributed by atoms with E-state index in [1.54, 1.807) is 6.92 Å². The van der Waals surface area contributed by atoms with Gasteiger partial charge in [-0.1, -0.05) is 54.1 Å². The molecule has 1 atom stereocenters. The summed E-state index contributed by atoms with van der Waals surface area (Å²) in [5, 5.41) is 12.6. The van der Waals surface area contributed by atoms with Gasteiger partial charge in [-0.05, 0) is 37.5 Å². The van der Waals surface area contributed by atoms with Gasteiger partial charge in [0.15, 0.2) is 0 Å². The summed E-state index contributed by atoms with van der Waals surface area (Å²) in [4.78, 5) is 23.6. The Labute approximate surface area is 186 Å². The van der Waals surface area contributed by atoms with Crippen LogP contribution in [-0.4, -0.2) is 32.6 Å². The van der Waals surface area contributed by atoms with Crippen LogP contribution in [-0.2, 0) is 13.1 Å². The van der Waals surface area contributed by atoms with Crippen LogP contribution in [0.4, 0.5) is 0 Å². The summed E-state index contributed by atoms with van der Waals surface area (Å²) in [7, 11) is 0. The number of aliphatic hydroxyl groups is 1. The molecule has 0 fully saturated rings. The molecule has 0 aliphatic rings. The van der Waals surface area contributed by atoms with Crippen LogP contribution < -0.4 is 5.56 Å². The Morgan fingerprint density at radius 2 is 1.87 bits per heavy atom. The zero-order valence-electron chi connectivity index (χ0n) is 18.1. The molecular formula is C25H27N3O2S. The second kappa shape index (κ2) is 9.14. The average molecular weight is 434 g/mol. The molecule has 1 unspecified atom stereocenters. The van der Waals surface area contributed by atoms with E-state index >= 15 is 0 Å². The lowest BCUT2D eigenvalue weighted by Crippen LogP contribution is -2.31. The Hall–Kier alpha value is -2.80. The highest BCUT2D eigenvalue weighted by atomic mass is 32.1. The predicted octanol–water partition coefficient (Wildman–Crippen LogP) is 4.65. The van der Waals surface area contributed by atoms with Crippen LogP contribution >= 0.6 is 11.3 Å². The van der Waals surface area contributed by atoms with Crippen molar-refractivity contribution in [3.05, 3.63) is 86.8 Å². The van der Waals surface area contributed by atoms with Crippen molar-refractivity contribution in [3.63, 3.8) is 0 Å². The van der Waals surface area contributed by atoms with Crippen molar-refractivity contribution < 1.29 is 5.11 Å². The number of nitrogens with zero attached hydrogens (tertiary/aromatic N) is 2. The Morgan fingerprint density at radius 3 is 2.61 bits per heavy atom. The van der Waals surface area contributed by atoms with E-state index in [0.717, 1.165) is 32.6 Å². The molecule has 0 amide bonds. The van der Waals surface area contributed by atoms with E-state index in [9.17, 15) is 9.90 Å². The molecule has 5 nitrogen and oxygen atoms in total. The maximum atomic E-state index is 13.1. The fourth-order valence-corrected chi connectivity index (χ4v) is 4.86. The number of hydrogen-bond acceptors (Lipinski definition) is 5. The van der Waals surface area contributed by atoms with E-state index < -0.39 is 6.10 Å². The summed E-state index contributed by atoms with van der Waals surface area (Å²) in [6.07, 6.45) is -0.475. The number of rotatable bonds is 7. The zero-order chi connectivity index (χ0) is 22.0. The molecular weight excluding hydrogens is 406 g/mol. The number of benzene rings is 2. The van der Waals surface area contributed by atoms with E-state index in [0.29, 0.717) is 30.8 Å². The number of aromatic nitrogens is 2. The lowest BCUT2D eigenvalue weighted by atomic mass is 9.99. The van der Waals surface area contributed by atoms with Crippen molar-refractivity contribution in [1.82, 2.24) is 14.9 Å². The predicted molar refractivity (Wildman–Crippen MR) is 127 cm³/mol. The number of aromatic amines is 1. The van der Waals surface area contributed by atoms with Gasteiger partial charge in [-0.2, -0.15) is 0 Å². The number of thiophene rings is 1. The summed E-state index contributed by atoms with van der Waals surface area (Å²) in [6.45, 7) is 7.52. The number of nitrogens with one attached hydrogen (secondary N) is 1. The van der Waals surface area contributed by atoms with Crippen molar-refractivity contribution in [1.29, 1.82) is 0 Å². The Kier molecular flexibility index (Phi) is 6.32. The summed E-state index contributed by atoms with van der Waals surface area (Å²) in [5.41, 5.74) is 5.35. The van der Waals surface area contributed by atoms with Gasteiger partial charge in [-0.3, -0.25) is 9.69 Å². The van der Waals surface area contributed by atoms with Crippen molar-refractivity contribution >= 4 is 21.6 Å². The normalized spacial score (nSPS) is 12.5. The van der Waals surface area contributed by atoms with Gasteiger partial charge in [-0.15, -0.1) is 11.3 Å². The van der Waals surface area contributed by atoms with Gasteiger partial charge >= 0.3 is 0 Å². The zero-order valence-corrected chi connectivity index (χ0v) is 18.9. The molecule has 0 aliphatic carbocycles. The third-order valence-electron chi connectivity index (χ3n) is 5.32. The number of fused-ring (bicyclic) bond motifs is 1. The lowest BCUT2D eigenvalue weighted by molar-refractivity contribution is 0.116. The monoisotopic (exact) mass is 433 g/mol. The molecule has 160 valence electrons. The molecule has 2 N–H and O–H groups in total. The standard InChI is InChI=1S/C25H27N3O2S/c1-16-9-10-17(2)20(11-16)21-15-31-25-23(21)24(30)26-22(27-25)14-28(12-18(3)29)13-19-7-5-4-6-8-19/h4-11,15,18,29H,12-14H2,1-3H3,(H,26,27,30). The largest absolute Gasteiger partial charge is 0.392 e. The summed E-state index contributed by atoms with van der Waals surface area (Å²) in [6, 6.07) is 16.4. The van der Waals surface area contributed by atoms with Crippen LogP contribution in [0.15, 0.2) is 58.7 Å². The minimum atomic E-state index is -0.475.